The number of halogens is 1. The second-order valence-electron chi connectivity index (χ2n) is 3.30. The Kier molecular flexibility index (Phi) is 4.21. The summed E-state index contributed by atoms with van der Waals surface area (Å²) in [6.07, 6.45) is 1.12. The lowest BCUT2D eigenvalue weighted by molar-refractivity contribution is -0.385. The first kappa shape index (κ1) is 13.9. The molecule has 96 valence electrons. The lowest BCUT2D eigenvalue weighted by atomic mass is 10.1. The van der Waals surface area contributed by atoms with Crippen LogP contribution in [0.4, 0.5) is 5.69 Å². The Balaban J connectivity index is 3.33. The number of nitrogens with zero attached hydrogens (tertiary/aromatic N) is 3. The van der Waals surface area contributed by atoms with Gasteiger partial charge in [0, 0.05) is 17.2 Å². The number of hydrogen-bond donors (Lipinski definition) is 3. The molecule has 18 heavy (non-hydrogen) atoms. The van der Waals surface area contributed by atoms with Crippen LogP contribution in [0.15, 0.2) is 20.7 Å². The number of aromatic hydroxyl groups is 1. The van der Waals surface area contributed by atoms with E-state index in [1.165, 1.54) is 13.0 Å². The third-order valence-electron chi connectivity index (χ3n) is 2.05. The molecule has 0 aliphatic heterocycles. The quantitative estimate of drug-likeness (QED) is 0.330. The first-order valence-corrected chi connectivity index (χ1v) is 5.42. The van der Waals surface area contributed by atoms with Crippen molar-refractivity contribution in [3.63, 3.8) is 0 Å². The number of phenols is 1. The zero-order chi connectivity index (χ0) is 13.9. The van der Waals surface area contributed by atoms with Gasteiger partial charge in [0.25, 0.3) is 5.69 Å². The Morgan fingerprint density at radius 1 is 1.61 bits per heavy atom. The first-order chi connectivity index (χ1) is 8.34. The topological polar surface area (TPSA) is 140 Å². The second kappa shape index (κ2) is 5.45. The van der Waals surface area contributed by atoms with Gasteiger partial charge in [0.05, 0.1) is 15.6 Å². The molecule has 0 amide bonds. The van der Waals surface area contributed by atoms with Crippen LogP contribution in [0.3, 0.4) is 0 Å². The average Bonchev–Trinajstić information content (AvgIpc) is 2.28. The summed E-state index contributed by atoms with van der Waals surface area (Å²) in [5.74, 6) is -0.431. The van der Waals surface area contributed by atoms with Gasteiger partial charge in [-0.15, -0.1) is 5.10 Å². The van der Waals surface area contributed by atoms with E-state index in [0.717, 1.165) is 6.21 Å². The summed E-state index contributed by atoms with van der Waals surface area (Å²) in [7, 11) is 0. The molecule has 8 nitrogen and oxygen atoms in total. The number of rotatable bonds is 3. The molecule has 0 aliphatic rings. The zero-order valence-corrected chi connectivity index (χ0v) is 10.9. The van der Waals surface area contributed by atoms with Crippen molar-refractivity contribution in [3.8, 4) is 5.75 Å². The summed E-state index contributed by atoms with van der Waals surface area (Å²) in [4.78, 5) is 10.3. The van der Waals surface area contributed by atoms with Crippen LogP contribution in [0, 0.1) is 17.0 Å². The monoisotopic (exact) mass is 315 g/mol. The number of hydrogen-bond acceptors (Lipinski definition) is 5. The molecule has 0 fully saturated rings. The smallest absolute Gasteiger partial charge is 0.274 e. The molecular weight excluding hydrogens is 306 g/mol. The van der Waals surface area contributed by atoms with Gasteiger partial charge in [0.15, 0.2) is 0 Å². The van der Waals surface area contributed by atoms with Crippen molar-refractivity contribution in [3.05, 3.63) is 31.8 Å². The number of nitrogens with two attached hydrogens (primary N) is 2. The molecule has 0 saturated heterocycles. The Morgan fingerprint density at radius 3 is 2.72 bits per heavy atom. The Hall–Kier alpha value is -2.16. The fourth-order valence-electron chi connectivity index (χ4n) is 1.19. The molecule has 0 spiro atoms. The van der Waals surface area contributed by atoms with Crippen LogP contribution in [-0.4, -0.2) is 22.2 Å². The van der Waals surface area contributed by atoms with Gasteiger partial charge in [-0.2, -0.15) is 5.10 Å². The lowest BCUT2D eigenvalue weighted by Crippen LogP contribution is -2.21. The van der Waals surface area contributed by atoms with Gasteiger partial charge in [-0.25, -0.2) is 0 Å². The Labute approximate surface area is 110 Å². The van der Waals surface area contributed by atoms with Gasteiger partial charge in [-0.1, -0.05) is 0 Å². The molecule has 0 aliphatic carbocycles. The number of phenolic OH excluding ortho intramolecular Hbond substituents is 1. The highest BCUT2D eigenvalue weighted by Gasteiger charge is 2.19. The highest BCUT2D eigenvalue weighted by Crippen LogP contribution is 2.36. The molecule has 0 atom stereocenters. The van der Waals surface area contributed by atoms with Crippen LogP contribution in [0.2, 0.25) is 0 Å². The third kappa shape index (κ3) is 2.94. The molecule has 0 heterocycles. The van der Waals surface area contributed by atoms with E-state index in [2.05, 4.69) is 26.1 Å². The normalized spacial score (nSPS) is 10.6. The molecule has 9 heteroatoms. The number of guanidine groups is 1. The zero-order valence-electron chi connectivity index (χ0n) is 9.29. The number of nitro benzene ring substituents is 1. The number of benzene rings is 1. The van der Waals surface area contributed by atoms with Crippen LogP contribution in [-0.2, 0) is 0 Å². The van der Waals surface area contributed by atoms with Crippen molar-refractivity contribution in [1.29, 1.82) is 0 Å². The van der Waals surface area contributed by atoms with Gasteiger partial charge < -0.3 is 16.6 Å². The predicted molar refractivity (Wildman–Crippen MR) is 70.6 cm³/mol. The van der Waals surface area contributed by atoms with Crippen LogP contribution >= 0.6 is 15.9 Å². The molecule has 1 aromatic rings. The summed E-state index contributed by atoms with van der Waals surface area (Å²) in [6, 6.07) is 1.18. The molecule has 0 radical (unpaired) electrons. The van der Waals surface area contributed by atoms with Gasteiger partial charge in [-0.3, -0.25) is 10.1 Å². The second-order valence-corrected chi connectivity index (χ2v) is 4.09. The molecular formula is C9H10BrN5O3. The Morgan fingerprint density at radius 2 is 2.22 bits per heavy atom. The van der Waals surface area contributed by atoms with Crippen molar-refractivity contribution in [2.45, 2.75) is 6.92 Å². The fourth-order valence-corrected chi connectivity index (χ4v) is 1.62. The molecule has 5 N–H and O–H groups in total. The van der Waals surface area contributed by atoms with Crippen molar-refractivity contribution in [2.75, 3.05) is 0 Å². The summed E-state index contributed by atoms with van der Waals surface area (Å²) >= 11 is 3.07. The summed E-state index contributed by atoms with van der Waals surface area (Å²) < 4.78 is 0.225. The van der Waals surface area contributed by atoms with E-state index in [1.807, 2.05) is 0 Å². The van der Waals surface area contributed by atoms with E-state index in [-0.39, 0.29) is 27.4 Å². The van der Waals surface area contributed by atoms with Crippen LogP contribution < -0.4 is 11.5 Å². The van der Waals surface area contributed by atoms with Crippen molar-refractivity contribution in [1.82, 2.24) is 0 Å². The maximum Gasteiger partial charge on any atom is 0.274 e. The molecule has 1 rings (SSSR count). The largest absolute Gasteiger partial charge is 0.506 e. The van der Waals surface area contributed by atoms with Crippen molar-refractivity contribution < 1.29 is 10.0 Å². The standard InChI is InChI=1S/C9H10BrN5O3/c1-4-6(15(17)18)2-5(8(16)7(4)10)3-13-14-9(11)12/h2-3,16H,1H3,(H4,11,12,14). The van der Waals surface area contributed by atoms with Crippen LogP contribution in [0.1, 0.15) is 11.1 Å². The summed E-state index contributed by atoms with van der Waals surface area (Å²) in [6.45, 7) is 1.51. The van der Waals surface area contributed by atoms with Crippen molar-refractivity contribution >= 4 is 33.8 Å². The minimum Gasteiger partial charge on any atom is -0.506 e. The van der Waals surface area contributed by atoms with E-state index in [1.54, 1.807) is 0 Å². The van der Waals surface area contributed by atoms with E-state index in [0.29, 0.717) is 5.56 Å². The average molecular weight is 316 g/mol. The van der Waals surface area contributed by atoms with E-state index in [9.17, 15) is 15.2 Å². The lowest BCUT2D eigenvalue weighted by Gasteiger charge is -2.05. The molecule has 0 aromatic heterocycles. The highest BCUT2D eigenvalue weighted by atomic mass is 79.9. The molecule has 1 aromatic carbocycles. The molecule has 0 unspecified atom stereocenters. The fraction of sp³-hybridized carbons (Fsp3) is 0.111. The molecule has 0 saturated carbocycles. The maximum atomic E-state index is 10.8. The van der Waals surface area contributed by atoms with Crippen molar-refractivity contribution in [2.24, 2.45) is 21.7 Å². The summed E-state index contributed by atoms with van der Waals surface area (Å²) in [5, 5.41) is 27.4. The van der Waals surface area contributed by atoms with Gasteiger partial charge >= 0.3 is 0 Å². The summed E-state index contributed by atoms with van der Waals surface area (Å²) in [5.41, 5.74) is 10.4. The first-order valence-electron chi connectivity index (χ1n) is 4.63. The SMILES string of the molecule is Cc1c([N+](=O)[O-])cc(C=NN=C(N)N)c(O)c1Br. The minimum atomic E-state index is -0.558. The third-order valence-corrected chi connectivity index (χ3v) is 3.02. The molecule has 0 bridgehead atoms. The minimum absolute atomic E-state index is 0.129. The van der Waals surface area contributed by atoms with Crippen LogP contribution in [0.5, 0.6) is 5.75 Å². The maximum absolute atomic E-state index is 10.8. The van der Waals surface area contributed by atoms with E-state index in [4.69, 9.17) is 11.5 Å². The van der Waals surface area contributed by atoms with Crippen LogP contribution in [0.25, 0.3) is 0 Å². The Bertz CT molecular complexity index is 552. The van der Waals surface area contributed by atoms with Gasteiger partial charge in [0.1, 0.15) is 5.75 Å². The van der Waals surface area contributed by atoms with Gasteiger partial charge in [0.2, 0.25) is 5.96 Å². The highest BCUT2D eigenvalue weighted by molar-refractivity contribution is 9.10. The van der Waals surface area contributed by atoms with Gasteiger partial charge in [-0.05, 0) is 22.9 Å². The number of nitro groups is 1. The van der Waals surface area contributed by atoms with E-state index >= 15 is 0 Å². The van der Waals surface area contributed by atoms with E-state index < -0.39 is 4.92 Å². The predicted octanol–water partition coefficient (Wildman–Crippen LogP) is 0.979.